The van der Waals surface area contributed by atoms with E-state index in [2.05, 4.69) is 21.5 Å². The first-order valence-corrected chi connectivity index (χ1v) is 2.88. The normalized spacial score (nSPS) is 18.6. The number of hydrogen-bond acceptors (Lipinski definition) is 2. The largest absolute Gasteiger partial charge is 0.334 e. The van der Waals surface area contributed by atoms with Gasteiger partial charge < -0.3 is 5.32 Å². The maximum atomic E-state index is 10.4. The molecule has 1 N–H and O–H groups in total. The predicted octanol–water partition coefficient (Wildman–Crippen LogP) is 0.199. The number of amides is 1. The minimum Gasteiger partial charge on any atom is -0.334 e. The van der Waals surface area contributed by atoms with Gasteiger partial charge in [0.2, 0.25) is 5.91 Å². The third kappa shape index (κ3) is 1.23. The third-order valence-corrected chi connectivity index (χ3v) is 1.28. The molecule has 8 heavy (non-hydrogen) atoms. The van der Waals surface area contributed by atoms with Gasteiger partial charge in [0, 0.05) is 12.3 Å². The molecule has 0 saturated carbocycles. The number of nitrogens with zero attached hydrogens (tertiary/aromatic N) is 1. The van der Waals surface area contributed by atoms with Crippen LogP contribution in [0.15, 0.2) is 12.3 Å². The molecule has 0 saturated heterocycles. The Bertz CT molecular complexity index is 134. The molecule has 0 radical (unpaired) electrons. The lowest BCUT2D eigenvalue weighted by molar-refractivity contribution is -0.117. The van der Waals surface area contributed by atoms with Crippen LogP contribution in [0.25, 0.3) is 0 Å². The van der Waals surface area contributed by atoms with E-state index in [1.54, 1.807) is 10.1 Å². The molecule has 0 aliphatic carbocycles. The number of nitrogens with one attached hydrogen (secondary N) is 1. The molecule has 0 bridgehead atoms. The molecule has 1 rings (SSSR count). The summed E-state index contributed by atoms with van der Waals surface area (Å²) in [5.41, 5.74) is 0. The Kier molecular flexibility index (Phi) is 1.53. The zero-order chi connectivity index (χ0) is 5.98. The fourth-order valence-corrected chi connectivity index (χ4v) is 0.657. The summed E-state index contributed by atoms with van der Waals surface area (Å²) < 4.78 is 1.70. The van der Waals surface area contributed by atoms with Crippen molar-refractivity contribution in [2.24, 2.45) is 0 Å². The lowest BCUT2D eigenvalue weighted by Gasteiger charge is -2.14. The molecule has 0 aromatic carbocycles. The van der Waals surface area contributed by atoms with E-state index in [1.165, 1.54) is 6.08 Å². The minimum absolute atomic E-state index is 0.0410. The van der Waals surface area contributed by atoms with Crippen molar-refractivity contribution < 1.29 is 4.79 Å². The molecule has 1 aliphatic rings. The topological polar surface area (TPSA) is 32.3 Å². The summed E-state index contributed by atoms with van der Waals surface area (Å²) in [6.45, 7) is 0.537. The Hall–Kier alpha value is -0.510. The highest BCUT2D eigenvalue weighted by molar-refractivity contribution is 9.07. The van der Waals surface area contributed by atoms with Crippen LogP contribution in [-0.2, 0) is 4.79 Å². The Morgan fingerprint density at radius 2 is 2.62 bits per heavy atom. The second kappa shape index (κ2) is 2.17. The Morgan fingerprint density at radius 3 is 3.00 bits per heavy atom. The number of hydrogen-bond donors (Lipinski definition) is 1. The van der Waals surface area contributed by atoms with Gasteiger partial charge in [-0.25, -0.2) is 0 Å². The second-order valence-corrected chi connectivity index (χ2v) is 2.33. The quantitative estimate of drug-likeness (QED) is 0.536. The monoisotopic (exact) mass is 176 g/mol. The summed E-state index contributed by atoms with van der Waals surface area (Å²) in [7, 11) is 0. The van der Waals surface area contributed by atoms with E-state index in [-0.39, 0.29) is 5.91 Å². The first kappa shape index (κ1) is 5.62. The molecule has 0 aromatic rings. The molecule has 3 nitrogen and oxygen atoms in total. The molecular formula is C4H5BrN2O. The van der Waals surface area contributed by atoms with Gasteiger partial charge in [-0.2, -0.15) is 0 Å². The van der Waals surface area contributed by atoms with Crippen molar-refractivity contribution in [3.8, 4) is 0 Å². The van der Waals surface area contributed by atoms with E-state index in [4.69, 9.17) is 0 Å². The van der Waals surface area contributed by atoms with Gasteiger partial charge in [0.1, 0.15) is 6.67 Å². The molecule has 1 aliphatic heterocycles. The van der Waals surface area contributed by atoms with Crippen molar-refractivity contribution in [1.82, 2.24) is 9.24 Å². The van der Waals surface area contributed by atoms with Crippen LogP contribution in [0.3, 0.4) is 0 Å². The first-order valence-electron chi connectivity index (χ1n) is 2.17. The SMILES string of the molecule is O=C1C=CN(Br)CN1. The van der Waals surface area contributed by atoms with Crippen LogP contribution >= 0.6 is 16.1 Å². The fraction of sp³-hybridized carbons (Fsp3) is 0.250. The maximum absolute atomic E-state index is 10.4. The van der Waals surface area contributed by atoms with E-state index < -0.39 is 0 Å². The van der Waals surface area contributed by atoms with Crippen molar-refractivity contribution in [3.05, 3.63) is 12.3 Å². The van der Waals surface area contributed by atoms with Gasteiger partial charge in [-0.3, -0.25) is 8.72 Å². The number of carbonyl (C=O) groups excluding carboxylic acids is 1. The molecule has 0 aromatic heterocycles. The van der Waals surface area contributed by atoms with Crippen LogP contribution < -0.4 is 5.32 Å². The van der Waals surface area contributed by atoms with Gasteiger partial charge in [-0.05, 0) is 0 Å². The number of halogens is 1. The highest BCUT2D eigenvalue weighted by Crippen LogP contribution is 1.98. The third-order valence-electron chi connectivity index (χ3n) is 0.792. The molecule has 1 amide bonds. The highest BCUT2D eigenvalue weighted by atomic mass is 79.9. The van der Waals surface area contributed by atoms with Crippen molar-refractivity contribution in [3.63, 3.8) is 0 Å². The van der Waals surface area contributed by atoms with Gasteiger partial charge in [-0.1, -0.05) is 0 Å². The number of rotatable bonds is 0. The van der Waals surface area contributed by atoms with Crippen LogP contribution in [0, 0.1) is 0 Å². The van der Waals surface area contributed by atoms with Gasteiger partial charge in [0.05, 0.1) is 16.1 Å². The van der Waals surface area contributed by atoms with Crippen molar-refractivity contribution in [2.45, 2.75) is 0 Å². The molecule has 44 valence electrons. The van der Waals surface area contributed by atoms with Gasteiger partial charge in [0.25, 0.3) is 0 Å². The van der Waals surface area contributed by atoms with E-state index in [0.29, 0.717) is 6.67 Å². The van der Waals surface area contributed by atoms with Crippen LogP contribution in [0.4, 0.5) is 0 Å². The van der Waals surface area contributed by atoms with E-state index >= 15 is 0 Å². The van der Waals surface area contributed by atoms with E-state index in [0.717, 1.165) is 0 Å². The summed E-state index contributed by atoms with van der Waals surface area (Å²) in [6, 6.07) is 0. The summed E-state index contributed by atoms with van der Waals surface area (Å²) in [5.74, 6) is -0.0410. The smallest absolute Gasteiger partial charge is 0.246 e. The van der Waals surface area contributed by atoms with Crippen LogP contribution in [-0.4, -0.2) is 16.5 Å². The Morgan fingerprint density at radius 1 is 1.88 bits per heavy atom. The molecule has 0 unspecified atom stereocenters. The van der Waals surface area contributed by atoms with Crippen LogP contribution in [0.5, 0.6) is 0 Å². The lowest BCUT2D eigenvalue weighted by Crippen LogP contribution is -2.32. The maximum Gasteiger partial charge on any atom is 0.246 e. The zero-order valence-corrected chi connectivity index (χ0v) is 5.68. The molecule has 0 spiro atoms. The molecule has 4 heteroatoms. The van der Waals surface area contributed by atoms with Crippen molar-refractivity contribution >= 4 is 22.1 Å². The van der Waals surface area contributed by atoms with E-state index in [9.17, 15) is 4.79 Å². The second-order valence-electron chi connectivity index (χ2n) is 1.41. The Balaban J connectivity index is 2.55. The number of carbonyl (C=O) groups is 1. The summed E-state index contributed by atoms with van der Waals surface area (Å²) >= 11 is 3.15. The minimum atomic E-state index is -0.0410. The van der Waals surface area contributed by atoms with Crippen molar-refractivity contribution in [2.75, 3.05) is 6.67 Å². The summed E-state index contributed by atoms with van der Waals surface area (Å²) in [4.78, 5) is 10.4. The molecular weight excluding hydrogens is 172 g/mol. The van der Waals surface area contributed by atoms with Gasteiger partial charge in [0.15, 0.2) is 0 Å². The predicted molar refractivity (Wildman–Crippen MR) is 32.9 cm³/mol. The molecule has 1 heterocycles. The van der Waals surface area contributed by atoms with Gasteiger partial charge in [-0.15, -0.1) is 0 Å². The first-order chi connectivity index (χ1) is 3.79. The molecule has 0 fully saturated rings. The zero-order valence-electron chi connectivity index (χ0n) is 4.10. The van der Waals surface area contributed by atoms with Gasteiger partial charge >= 0.3 is 0 Å². The Labute approximate surface area is 55.7 Å². The lowest BCUT2D eigenvalue weighted by atomic mass is 10.5. The van der Waals surface area contributed by atoms with Crippen LogP contribution in [0.2, 0.25) is 0 Å². The average molecular weight is 177 g/mol. The van der Waals surface area contributed by atoms with Crippen molar-refractivity contribution in [1.29, 1.82) is 0 Å². The average Bonchev–Trinajstić information content (AvgIpc) is 1.77. The summed E-state index contributed by atoms with van der Waals surface area (Å²) in [6.07, 6.45) is 3.12. The highest BCUT2D eigenvalue weighted by Gasteiger charge is 2.02. The fourth-order valence-electron chi connectivity index (χ4n) is 0.414. The molecule has 0 atom stereocenters. The standard InChI is InChI=1S/C4H5BrN2O/c5-7-2-1-4(8)6-3-7/h1-2H,3H2,(H,6,8). The van der Waals surface area contributed by atoms with E-state index in [1.807, 2.05) is 0 Å². The summed E-state index contributed by atoms with van der Waals surface area (Å²) in [5, 5.41) is 2.59. The van der Waals surface area contributed by atoms with Crippen LogP contribution in [0.1, 0.15) is 0 Å².